The molecule has 0 amide bonds. The van der Waals surface area contributed by atoms with Gasteiger partial charge in [-0.1, -0.05) is 11.8 Å². The number of rotatable bonds is 5. The molecule has 0 aromatic carbocycles. The van der Waals surface area contributed by atoms with Crippen molar-refractivity contribution in [1.82, 2.24) is 9.97 Å². The second kappa shape index (κ2) is 7.57. The fraction of sp³-hybridized carbons (Fsp3) is 0.250. The Morgan fingerprint density at radius 2 is 2.09 bits per heavy atom. The third kappa shape index (κ3) is 3.83. The number of nitriles is 1. The summed E-state index contributed by atoms with van der Waals surface area (Å²) in [6.07, 6.45) is 3.37. The molecule has 5 nitrogen and oxygen atoms in total. The van der Waals surface area contributed by atoms with Gasteiger partial charge in [0.15, 0.2) is 0 Å². The maximum Gasteiger partial charge on any atom is 0.319 e. The van der Waals surface area contributed by atoms with E-state index in [0.717, 1.165) is 11.3 Å². The summed E-state index contributed by atoms with van der Waals surface area (Å²) in [4.78, 5) is 20.2. The van der Waals surface area contributed by atoms with Crippen molar-refractivity contribution in [3.05, 3.63) is 42.2 Å². The predicted molar refractivity (Wildman–Crippen MR) is 84.1 cm³/mol. The summed E-state index contributed by atoms with van der Waals surface area (Å²) in [6, 6.07) is 9.29. The van der Waals surface area contributed by atoms with Crippen LogP contribution in [0.1, 0.15) is 19.4 Å². The quantitative estimate of drug-likeness (QED) is 0.624. The Morgan fingerprint density at radius 1 is 1.36 bits per heavy atom. The number of aromatic nitrogens is 2. The molecule has 0 aliphatic rings. The van der Waals surface area contributed by atoms with Crippen LogP contribution in [-0.2, 0) is 9.53 Å². The van der Waals surface area contributed by atoms with E-state index in [-0.39, 0.29) is 5.97 Å². The van der Waals surface area contributed by atoms with Gasteiger partial charge in [0.25, 0.3) is 0 Å². The molecule has 2 aromatic heterocycles. The van der Waals surface area contributed by atoms with E-state index in [1.54, 1.807) is 38.4 Å². The summed E-state index contributed by atoms with van der Waals surface area (Å²) < 4.78 is 4.99. The van der Waals surface area contributed by atoms with Crippen LogP contribution in [0.3, 0.4) is 0 Å². The molecule has 0 saturated carbocycles. The van der Waals surface area contributed by atoms with Crippen molar-refractivity contribution in [2.75, 3.05) is 6.61 Å². The van der Waals surface area contributed by atoms with Crippen LogP contribution in [0.25, 0.3) is 11.3 Å². The average molecular weight is 313 g/mol. The summed E-state index contributed by atoms with van der Waals surface area (Å²) in [7, 11) is 0. The molecule has 0 radical (unpaired) electrons. The Hall–Kier alpha value is -2.39. The SMILES string of the molecule is CCOC(=O)[C@@H](C)Sc1nc(-c2ccncc2)ccc1C#N. The van der Waals surface area contributed by atoms with Crippen LogP contribution in [0.15, 0.2) is 41.7 Å². The van der Waals surface area contributed by atoms with Gasteiger partial charge in [0.05, 0.1) is 17.9 Å². The maximum absolute atomic E-state index is 11.7. The molecule has 1 atom stereocenters. The van der Waals surface area contributed by atoms with E-state index in [0.29, 0.717) is 17.2 Å². The zero-order valence-electron chi connectivity index (χ0n) is 12.3. The monoisotopic (exact) mass is 313 g/mol. The van der Waals surface area contributed by atoms with Crippen LogP contribution in [-0.4, -0.2) is 27.8 Å². The Bertz CT molecular complexity index is 698. The zero-order chi connectivity index (χ0) is 15.9. The minimum Gasteiger partial charge on any atom is -0.465 e. The molecule has 6 heteroatoms. The van der Waals surface area contributed by atoms with Gasteiger partial charge >= 0.3 is 5.97 Å². The molecule has 0 aliphatic carbocycles. The van der Waals surface area contributed by atoms with Crippen molar-refractivity contribution in [3.63, 3.8) is 0 Å². The molecule has 112 valence electrons. The number of thioether (sulfide) groups is 1. The van der Waals surface area contributed by atoms with E-state index in [4.69, 9.17) is 4.74 Å². The van der Waals surface area contributed by atoms with Gasteiger partial charge in [0, 0.05) is 18.0 Å². The van der Waals surface area contributed by atoms with E-state index in [9.17, 15) is 10.1 Å². The Balaban J connectivity index is 2.30. The van der Waals surface area contributed by atoms with Crippen molar-refractivity contribution in [1.29, 1.82) is 5.26 Å². The number of ether oxygens (including phenoxy) is 1. The lowest BCUT2D eigenvalue weighted by Gasteiger charge is -2.11. The number of pyridine rings is 2. The minimum atomic E-state index is -0.424. The van der Waals surface area contributed by atoms with Crippen LogP contribution in [0.4, 0.5) is 0 Å². The molecule has 0 unspecified atom stereocenters. The first-order valence-electron chi connectivity index (χ1n) is 6.80. The molecule has 2 heterocycles. The normalized spacial score (nSPS) is 11.5. The van der Waals surface area contributed by atoms with Crippen LogP contribution < -0.4 is 0 Å². The summed E-state index contributed by atoms with van der Waals surface area (Å²) in [5.41, 5.74) is 2.09. The lowest BCUT2D eigenvalue weighted by molar-refractivity contribution is -0.142. The van der Waals surface area contributed by atoms with E-state index in [2.05, 4.69) is 16.0 Å². The molecule has 0 N–H and O–H groups in total. The molecule has 2 rings (SSSR count). The largest absolute Gasteiger partial charge is 0.465 e. The van der Waals surface area contributed by atoms with Crippen molar-refractivity contribution >= 4 is 17.7 Å². The summed E-state index contributed by atoms with van der Waals surface area (Å²) >= 11 is 1.23. The summed E-state index contributed by atoms with van der Waals surface area (Å²) in [5.74, 6) is -0.312. The zero-order valence-corrected chi connectivity index (χ0v) is 13.1. The molecule has 0 spiro atoms. The number of carbonyl (C=O) groups is 1. The topological polar surface area (TPSA) is 75.9 Å². The molecular weight excluding hydrogens is 298 g/mol. The first-order chi connectivity index (χ1) is 10.7. The average Bonchev–Trinajstić information content (AvgIpc) is 2.55. The predicted octanol–water partition coefficient (Wildman–Crippen LogP) is 3.06. The van der Waals surface area contributed by atoms with Gasteiger partial charge < -0.3 is 4.74 Å². The fourth-order valence-corrected chi connectivity index (χ4v) is 2.66. The van der Waals surface area contributed by atoms with Gasteiger partial charge in [-0.3, -0.25) is 9.78 Å². The smallest absolute Gasteiger partial charge is 0.319 e. The van der Waals surface area contributed by atoms with Crippen molar-refractivity contribution in [2.24, 2.45) is 0 Å². The van der Waals surface area contributed by atoms with Gasteiger partial charge in [-0.15, -0.1) is 0 Å². The van der Waals surface area contributed by atoms with E-state index in [1.807, 2.05) is 12.1 Å². The number of hydrogen-bond donors (Lipinski definition) is 0. The molecular formula is C16H15N3O2S. The van der Waals surface area contributed by atoms with Gasteiger partial charge in [0.2, 0.25) is 0 Å². The van der Waals surface area contributed by atoms with E-state index in [1.165, 1.54) is 11.8 Å². The number of carbonyl (C=O) groups excluding carboxylic acids is 1. The highest BCUT2D eigenvalue weighted by atomic mass is 32.2. The maximum atomic E-state index is 11.7. The van der Waals surface area contributed by atoms with Crippen LogP contribution in [0.2, 0.25) is 0 Å². The molecule has 0 aliphatic heterocycles. The first kappa shape index (κ1) is 16.0. The Kier molecular flexibility index (Phi) is 5.50. The Morgan fingerprint density at radius 3 is 2.73 bits per heavy atom. The van der Waals surface area contributed by atoms with Gasteiger partial charge in [-0.25, -0.2) is 4.98 Å². The third-order valence-electron chi connectivity index (χ3n) is 2.86. The lowest BCUT2D eigenvalue weighted by Crippen LogP contribution is -2.17. The molecule has 0 fully saturated rings. The van der Waals surface area contributed by atoms with Crippen molar-refractivity contribution < 1.29 is 9.53 Å². The number of esters is 1. The summed E-state index contributed by atoms with van der Waals surface area (Å²) in [5, 5.41) is 9.31. The highest BCUT2D eigenvalue weighted by Gasteiger charge is 2.19. The molecule has 0 bridgehead atoms. The first-order valence-corrected chi connectivity index (χ1v) is 7.68. The molecule has 22 heavy (non-hydrogen) atoms. The highest BCUT2D eigenvalue weighted by Crippen LogP contribution is 2.28. The fourth-order valence-electron chi connectivity index (χ4n) is 1.77. The van der Waals surface area contributed by atoms with Crippen molar-refractivity contribution in [3.8, 4) is 17.3 Å². The van der Waals surface area contributed by atoms with Crippen LogP contribution >= 0.6 is 11.8 Å². The van der Waals surface area contributed by atoms with Crippen LogP contribution in [0.5, 0.6) is 0 Å². The second-order valence-electron chi connectivity index (χ2n) is 4.41. The Labute approximate surface area is 133 Å². The van der Waals surface area contributed by atoms with Gasteiger partial charge in [-0.05, 0) is 38.1 Å². The second-order valence-corrected chi connectivity index (χ2v) is 5.74. The number of hydrogen-bond acceptors (Lipinski definition) is 6. The van der Waals surface area contributed by atoms with Gasteiger partial charge in [0.1, 0.15) is 16.3 Å². The minimum absolute atomic E-state index is 0.312. The highest BCUT2D eigenvalue weighted by molar-refractivity contribution is 8.00. The van der Waals surface area contributed by atoms with E-state index >= 15 is 0 Å². The molecule has 0 saturated heterocycles. The van der Waals surface area contributed by atoms with Crippen LogP contribution in [0, 0.1) is 11.3 Å². The van der Waals surface area contributed by atoms with E-state index < -0.39 is 5.25 Å². The third-order valence-corrected chi connectivity index (χ3v) is 3.94. The lowest BCUT2D eigenvalue weighted by atomic mass is 10.1. The standard InChI is InChI=1S/C16H15N3O2S/c1-3-21-16(20)11(2)22-15-13(10-17)4-5-14(19-15)12-6-8-18-9-7-12/h4-9,11H,3H2,1-2H3/t11-/m1/s1. The molecule has 2 aromatic rings. The summed E-state index contributed by atoms with van der Waals surface area (Å²) in [6.45, 7) is 3.84. The number of nitrogens with zero attached hydrogens (tertiary/aromatic N) is 3. The van der Waals surface area contributed by atoms with Gasteiger partial charge in [-0.2, -0.15) is 5.26 Å². The van der Waals surface area contributed by atoms with Crippen molar-refractivity contribution in [2.45, 2.75) is 24.1 Å².